The first-order chi connectivity index (χ1) is 6.43. The molecule has 2 heteroatoms. The summed E-state index contributed by atoms with van der Waals surface area (Å²) in [5, 5.41) is 11.3. The maximum absolute atomic E-state index is 10.2. The van der Waals surface area contributed by atoms with E-state index in [4.69, 9.17) is 0 Å². The third-order valence-electron chi connectivity index (χ3n) is 3.08. The highest BCUT2D eigenvalue weighted by Crippen LogP contribution is 2.28. The Morgan fingerprint density at radius 1 is 1.43 bits per heavy atom. The Kier molecular flexibility index (Phi) is 3.73. The quantitative estimate of drug-likeness (QED) is 0.560. The van der Waals surface area contributed by atoms with E-state index in [2.05, 4.69) is 38.4 Å². The van der Waals surface area contributed by atoms with Crippen LogP contribution in [-0.2, 0) is 0 Å². The molecule has 0 aliphatic heterocycles. The van der Waals surface area contributed by atoms with Crippen LogP contribution in [-0.4, -0.2) is 19.3 Å². The average molecular weight is 210 g/mol. The predicted octanol–water partition coefficient (Wildman–Crippen LogP) is 3.14. The summed E-state index contributed by atoms with van der Waals surface area (Å²) in [6.07, 6.45) is 7.37. The van der Waals surface area contributed by atoms with Gasteiger partial charge >= 0.3 is 0 Å². The minimum Gasteiger partial charge on any atom is -0.389 e. The van der Waals surface area contributed by atoms with E-state index in [0.29, 0.717) is 5.92 Å². The maximum Gasteiger partial charge on any atom is 0.0750 e. The summed E-state index contributed by atoms with van der Waals surface area (Å²) in [5.74, 6) is 0.416. The van der Waals surface area contributed by atoms with Crippen molar-refractivity contribution in [3.05, 3.63) is 23.9 Å². The van der Waals surface area contributed by atoms with Crippen LogP contribution in [0.2, 0.25) is 19.6 Å². The van der Waals surface area contributed by atoms with E-state index in [1.165, 1.54) is 0 Å². The molecule has 1 nitrogen and oxygen atoms in total. The van der Waals surface area contributed by atoms with E-state index in [1.807, 2.05) is 0 Å². The van der Waals surface area contributed by atoms with Gasteiger partial charge in [0.25, 0.3) is 0 Å². The monoisotopic (exact) mass is 210 g/mol. The molecule has 0 aromatic rings. The molecule has 1 N–H and O–H groups in total. The van der Waals surface area contributed by atoms with Crippen LogP contribution in [0, 0.1) is 5.92 Å². The summed E-state index contributed by atoms with van der Waals surface area (Å²) >= 11 is 0. The molecule has 0 unspecified atom stereocenters. The van der Waals surface area contributed by atoms with Crippen LogP contribution in [0.5, 0.6) is 0 Å². The molecule has 14 heavy (non-hydrogen) atoms. The number of aliphatic hydroxyl groups is 1. The molecule has 0 saturated heterocycles. The van der Waals surface area contributed by atoms with Gasteiger partial charge in [0.15, 0.2) is 0 Å². The zero-order valence-electron chi connectivity index (χ0n) is 9.59. The van der Waals surface area contributed by atoms with Crippen molar-refractivity contribution in [2.24, 2.45) is 5.92 Å². The lowest BCUT2D eigenvalue weighted by molar-refractivity contribution is 0.141. The summed E-state index contributed by atoms with van der Waals surface area (Å²) in [6.45, 7) is 10.8. The molecule has 0 aromatic carbocycles. The van der Waals surface area contributed by atoms with Crippen LogP contribution >= 0.6 is 0 Å². The molecular weight excluding hydrogens is 188 g/mol. The molecule has 0 fully saturated rings. The topological polar surface area (TPSA) is 20.2 Å². The van der Waals surface area contributed by atoms with E-state index < -0.39 is 8.07 Å². The fraction of sp³-hybridized carbons (Fsp3) is 0.667. The molecule has 0 saturated carbocycles. The lowest BCUT2D eigenvalue weighted by atomic mass is 9.89. The first-order valence-electron chi connectivity index (χ1n) is 5.45. The zero-order chi connectivity index (χ0) is 10.8. The standard InChI is InChI=1S/C12H22OSi/c1-10(14(2,3)4)12(13)11-8-6-5-7-9-11/h5-6,11-13H,1,7-9H2,2-4H3/t11-,12-/m1/s1. The van der Waals surface area contributed by atoms with Crippen LogP contribution in [0.15, 0.2) is 23.9 Å². The first-order valence-corrected chi connectivity index (χ1v) is 8.95. The second-order valence-electron chi connectivity index (χ2n) is 5.26. The van der Waals surface area contributed by atoms with Crippen molar-refractivity contribution in [1.82, 2.24) is 0 Å². The molecule has 1 rings (SSSR count). The molecule has 1 aliphatic rings. The highest BCUT2D eigenvalue weighted by atomic mass is 28.3. The van der Waals surface area contributed by atoms with Crippen LogP contribution in [0.4, 0.5) is 0 Å². The second kappa shape index (κ2) is 4.45. The van der Waals surface area contributed by atoms with Gasteiger partial charge in [-0.2, -0.15) is 0 Å². The van der Waals surface area contributed by atoms with Gasteiger partial charge in [0.2, 0.25) is 0 Å². The Bertz CT molecular complexity index is 237. The Hall–Kier alpha value is -0.343. The Labute approximate surface area is 88.5 Å². The van der Waals surface area contributed by atoms with Crippen LogP contribution < -0.4 is 0 Å². The molecule has 0 amide bonds. The van der Waals surface area contributed by atoms with Gasteiger partial charge in [-0.1, -0.05) is 37.0 Å². The van der Waals surface area contributed by atoms with Gasteiger partial charge in [0, 0.05) is 0 Å². The number of aliphatic hydroxyl groups excluding tert-OH is 1. The lowest BCUT2D eigenvalue weighted by Gasteiger charge is -2.31. The fourth-order valence-corrected chi connectivity index (χ4v) is 2.95. The van der Waals surface area contributed by atoms with E-state index in [0.717, 1.165) is 24.5 Å². The lowest BCUT2D eigenvalue weighted by Crippen LogP contribution is -2.36. The van der Waals surface area contributed by atoms with Gasteiger partial charge in [-0.15, -0.1) is 6.58 Å². The van der Waals surface area contributed by atoms with Crippen molar-refractivity contribution in [2.75, 3.05) is 0 Å². The molecule has 0 bridgehead atoms. The van der Waals surface area contributed by atoms with Gasteiger partial charge in [-0.25, -0.2) is 0 Å². The molecule has 80 valence electrons. The fourth-order valence-electron chi connectivity index (χ4n) is 1.83. The van der Waals surface area contributed by atoms with Crippen LogP contribution in [0.1, 0.15) is 19.3 Å². The van der Waals surface area contributed by atoms with Crippen molar-refractivity contribution in [2.45, 2.75) is 45.0 Å². The minimum absolute atomic E-state index is 0.272. The zero-order valence-corrected chi connectivity index (χ0v) is 10.6. The number of allylic oxidation sites excluding steroid dienone is 2. The SMILES string of the molecule is C=C([C@@H](O)[C@@H]1CC=CCC1)[Si](C)(C)C. The van der Waals surface area contributed by atoms with Crippen molar-refractivity contribution in [1.29, 1.82) is 0 Å². The average Bonchev–Trinajstić information content (AvgIpc) is 2.15. The van der Waals surface area contributed by atoms with E-state index in [-0.39, 0.29) is 6.10 Å². The maximum atomic E-state index is 10.2. The van der Waals surface area contributed by atoms with E-state index in [9.17, 15) is 5.11 Å². The third kappa shape index (κ3) is 2.82. The Morgan fingerprint density at radius 2 is 2.07 bits per heavy atom. The van der Waals surface area contributed by atoms with Gasteiger partial charge in [0.1, 0.15) is 0 Å². The second-order valence-corrected chi connectivity index (χ2v) is 10.4. The van der Waals surface area contributed by atoms with E-state index >= 15 is 0 Å². The van der Waals surface area contributed by atoms with Crippen LogP contribution in [0.3, 0.4) is 0 Å². The molecular formula is C12H22OSi. The third-order valence-corrected chi connectivity index (χ3v) is 5.30. The molecule has 1 aliphatic carbocycles. The minimum atomic E-state index is -1.38. The van der Waals surface area contributed by atoms with Gasteiger partial charge in [-0.05, 0) is 25.2 Å². The van der Waals surface area contributed by atoms with Gasteiger partial charge in [-0.3, -0.25) is 0 Å². The highest BCUT2D eigenvalue weighted by Gasteiger charge is 2.29. The largest absolute Gasteiger partial charge is 0.389 e. The highest BCUT2D eigenvalue weighted by molar-refractivity contribution is 6.83. The molecule has 0 spiro atoms. The smallest absolute Gasteiger partial charge is 0.0750 e. The molecule has 0 radical (unpaired) electrons. The van der Waals surface area contributed by atoms with Crippen molar-refractivity contribution < 1.29 is 5.11 Å². The predicted molar refractivity (Wildman–Crippen MR) is 65.0 cm³/mol. The summed E-state index contributed by atoms with van der Waals surface area (Å²) in [7, 11) is -1.38. The summed E-state index contributed by atoms with van der Waals surface area (Å²) in [6, 6.07) is 0. The molecule has 0 heterocycles. The van der Waals surface area contributed by atoms with Crippen molar-refractivity contribution in [3.8, 4) is 0 Å². The Balaban J connectivity index is 2.60. The Morgan fingerprint density at radius 3 is 2.50 bits per heavy atom. The molecule has 0 aromatic heterocycles. The number of rotatable bonds is 3. The van der Waals surface area contributed by atoms with Crippen molar-refractivity contribution >= 4 is 8.07 Å². The van der Waals surface area contributed by atoms with Crippen LogP contribution in [0.25, 0.3) is 0 Å². The van der Waals surface area contributed by atoms with Gasteiger partial charge in [0.05, 0.1) is 14.2 Å². The van der Waals surface area contributed by atoms with Crippen molar-refractivity contribution in [3.63, 3.8) is 0 Å². The summed E-state index contributed by atoms with van der Waals surface area (Å²) in [5.41, 5.74) is 0. The molecule has 2 atom stereocenters. The number of hydrogen-bond donors (Lipinski definition) is 1. The number of hydrogen-bond acceptors (Lipinski definition) is 1. The first kappa shape index (κ1) is 11.7. The van der Waals surface area contributed by atoms with Gasteiger partial charge < -0.3 is 5.11 Å². The summed E-state index contributed by atoms with van der Waals surface area (Å²) in [4.78, 5) is 0. The van der Waals surface area contributed by atoms with E-state index in [1.54, 1.807) is 0 Å². The normalized spacial score (nSPS) is 24.7. The summed E-state index contributed by atoms with van der Waals surface area (Å²) < 4.78 is 0.